The zero-order valence-corrected chi connectivity index (χ0v) is 21.3. The van der Waals surface area contributed by atoms with Gasteiger partial charge in [-0.05, 0) is 110 Å². The first kappa shape index (κ1) is 22.9. The number of hydrogen-bond acceptors (Lipinski definition) is 2. The van der Waals surface area contributed by atoms with E-state index in [0.717, 1.165) is 49.4 Å². The molecule has 5 aliphatic rings. The molecule has 3 heteroatoms. The van der Waals surface area contributed by atoms with Crippen LogP contribution in [0.15, 0.2) is 11.6 Å². The minimum Gasteiger partial charge on any atom is -0.481 e. The number of carboxylic acid groups (broad SMARTS) is 1. The second kappa shape index (κ2) is 7.09. The van der Waals surface area contributed by atoms with Crippen LogP contribution in [0.25, 0.3) is 0 Å². The molecule has 0 aromatic carbocycles. The first-order chi connectivity index (χ1) is 14.9. The Balaban J connectivity index is 1.58. The number of allylic oxidation sites excluding steroid dienone is 2. The maximum absolute atomic E-state index is 12.5. The molecule has 3 nitrogen and oxygen atoms in total. The monoisotopic (exact) mass is 442 g/mol. The van der Waals surface area contributed by atoms with Crippen LogP contribution in [-0.4, -0.2) is 22.3 Å². The summed E-state index contributed by atoms with van der Waals surface area (Å²) in [6.45, 7) is 14.4. The summed E-state index contributed by atoms with van der Waals surface area (Å²) in [5.74, 6) is 2.96. The Morgan fingerprint density at radius 3 is 2.34 bits per heavy atom. The van der Waals surface area contributed by atoms with Crippen LogP contribution in [0.4, 0.5) is 0 Å². The third-order valence-corrected chi connectivity index (χ3v) is 13.0. The van der Waals surface area contributed by atoms with Crippen molar-refractivity contribution in [2.75, 3.05) is 0 Å². The molecule has 11 atom stereocenters. The van der Waals surface area contributed by atoms with Gasteiger partial charge in [0, 0.05) is 0 Å². The Labute approximate surface area is 195 Å². The van der Waals surface area contributed by atoms with Crippen molar-refractivity contribution in [2.45, 2.75) is 105 Å². The number of aliphatic hydroxyl groups excluding tert-OH is 1. The molecule has 4 saturated carbocycles. The largest absolute Gasteiger partial charge is 0.481 e. The highest BCUT2D eigenvalue weighted by molar-refractivity contribution is 5.76. The topological polar surface area (TPSA) is 57.5 Å². The molecule has 0 heterocycles. The molecule has 5 rings (SSSR count). The molecule has 5 aliphatic carbocycles. The van der Waals surface area contributed by atoms with Crippen molar-refractivity contribution < 1.29 is 15.0 Å². The average molecular weight is 443 g/mol. The molecule has 0 bridgehead atoms. The lowest BCUT2D eigenvalue weighted by Gasteiger charge is -2.70. The summed E-state index contributed by atoms with van der Waals surface area (Å²) in [6, 6.07) is 0. The molecule has 4 fully saturated rings. The van der Waals surface area contributed by atoms with Crippen molar-refractivity contribution in [2.24, 2.45) is 57.2 Å². The summed E-state index contributed by atoms with van der Waals surface area (Å²) in [5, 5.41) is 21.1. The van der Waals surface area contributed by atoms with Gasteiger partial charge in [0.25, 0.3) is 0 Å². The molecular weight excluding hydrogens is 396 g/mol. The SMILES string of the molecule is C[C@@H]1[C@H]2C3=CC[C@@H]4[C@@]5(C)CC[C@H](O)C(C)(C(=O)O)C5CC[C@@]4(C)[C@]3(C)CC[C@H]2CC[C@H]1C. The summed E-state index contributed by atoms with van der Waals surface area (Å²) < 4.78 is 0. The Morgan fingerprint density at radius 2 is 1.66 bits per heavy atom. The molecule has 2 unspecified atom stereocenters. The number of hydrogen-bond donors (Lipinski definition) is 2. The van der Waals surface area contributed by atoms with Crippen LogP contribution < -0.4 is 0 Å². The van der Waals surface area contributed by atoms with Gasteiger partial charge < -0.3 is 10.2 Å². The van der Waals surface area contributed by atoms with Crippen LogP contribution in [-0.2, 0) is 4.79 Å². The molecule has 0 aromatic rings. The van der Waals surface area contributed by atoms with E-state index < -0.39 is 17.5 Å². The van der Waals surface area contributed by atoms with Crippen molar-refractivity contribution in [3.63, 3.8) is 0 Å². The maximum Gasteiger partial charge on any atom is 0.312 e. The van der Waals surface area contributed by atoms with Crippen LogP contribution in [0.2, 0.25) is 0 Å². The van der Waals surface area contributed by atoms with E-state index in [9.17, 15) is 15.0 Å². The standard InChI is InChI=1S/C29H46O3/c1-17-7-8-19-11-15-27(4)20(24(19)18(17)2)9-10-21-26(3)14-13-23(30)29(6,25(31)32)22(26)12-16-28(21,27)5/h9,17-19,21-24,30H,7-8,10-16H2,1-6H3,(H,31,32)/t17-,18+,19-,21-,22?,23+,24-,26-,27-,28-,29?/m1/s1. The predicted molar refractivity (Wildman–Crippen MR) is 128 cm³/mol. The smallest absolute Gasteiger partial charge is 0.312 e. The first-order valence-electron chi connectivity index (χ1n) is 13.5. The van der Waals surface area contributed by atoms with Gasteiger partial charge in [0.1, 0.15) is 0 Å². The van der Waals surface area contributed by atoms with E-state index >= 15 is 0 Å². The number of aliphatic carboxylic acids is 1. The molecule has 0 radical (unpaired) electrons. The Morgan fingerprint density at radius 1 is 0.938 bits per heavy atom. The Hall–Kier alpha value is -0.830. The van der Waals surface area contributed by atoms with Crippen LogP contribution in [0.1, 0.15) is 99.3 Å². The molecule has 180 valence electrons. The van der Waals surface area contributed by atoms with Crippen LogP contribution in [0, 0.1) is 57.2 Å². The fraction of sp³-hybridized carbons (Fsp3) is 0.897. The van der Waals surface area contributed by atoms with Crippen molar-refractivity contribution in [1.82, 2.24) is 0 Å². The molecule has 0 aliphatic heterocycles. The minimum atomic E-state index is -1.02. The van der Waals surface area contributed by atoms with Gasteiger partial charge in [-0.25, -0.2) is 0 Å². The van der Waals surface area contributed by atoms with Gasteiger partial charge in [0.05, 0.1) is 11.5 Å². The lowest BCUT2D eigenvalue weighted by atomic mass is 9.34. The zero-order valence-electron chi connectivity index (χ0n) is 21.3. The normalized spacial score (nSPS) is 57.3. The highest BCUT2D eigenvalue weighted by Crippen LogP contribution is 2.74. The van der Waals surface area contributed by atoms with Gasteiger partial charge >= 0.3 is 5.97 Å². The van der Waals surface area contributed by atoms with Gasteiger partial charge in [0.15, 0.2) is 0 Å². The number of rotatable bonds is 1. The minimum absolute atomic E-state index is 0.0211. The fourth-order valence-corrected chi connectivity index (χ4v) is 10.5. The van der Waals surface area contributed by atoms with E-state index in [1.165, 1.54) is 25.7 Å². The summed E-state index contributed by atoms with van der Waals surface area (Å²) in [6.07, 6.45) is 12.1. The number of carboxylic acids is 1. The van der Waals surface area contributed by atoms with E-state index in [4.69, 9.17) is 0 Å². The summed E-state index contributed by atoms with van der Waals surface area (Å²) in [7, 11) is 0. The van der Waals surface area contributed by atoms with Crippen LogP contribution in [0.3, 0.4) is 0 Å². The van der Waals surface area contributed by atoms with Crippen molar-refractivity contribution in [3.05, 3.63) is 11.6 Å². The van der Waals surface area contributed by atoms with Gasteiger partial charge in [-0.1, -0.05) is 52.7 Å². The second-order valence-electron chi connectivity index (χ2n) is 13.7. The molecule has 0 aromatic heterocycles. The van der Waals surface area contributed by atoms with E-state index in [1.54, 1.807) is 5.57 Å². The lowest BCUT2D eigenvalue weighted by molar-refractivity contribution is -0.215. The molecule has 0 saturated heterocycles. The highest BCUT2D eigenvalue weighted by Gasteiger charge is 2.69. The van der Waals surface area contributed by atoms with E-state index in [1.807, 2.05) is 6.92 Å². The fourth-order valence-electron chi connectivity index (χ4n) is 10.5. The molecular formula is C29H46O3. The quantitative estimate of drug-likeness (QED) is 0.444. The summed E-state index contributed by atoms with van der Waals surface area (Å²) in [4.78, 5) is 12.5. The predicted octanol–water partition coefficient (Wildman–Crippen LogP) is 6.70. The Bertz CT molecular complexity index is 830. The molecule has 0 spiro atoms. The molecule has 0 amide bonds. The number of aliphatic hydroxyl groups is 1. The first-order valence-corrected chi connectivity index (χ1v) is 13.5. The zero-order chi connectivity index (χ0) is 23.3. The maximum atomic E-state index is 12.5. The van der Waals surface area contributed by atoms with Gasteiger partial charge in [0.2, 0.25) is 0 Å². The second-order valence-corrected chi connectivity index (χ2v) is 13.7. The Kier molecular flexibility index (Phi) is 5.08. The average Bonchev–Trinajstić information content (AvgIpc) is 2.74. The summed E-state index contributed by atoms with van der Waals surface area (Å²) >= 11 is 0. The van der Waals surface area contributed by atoms with Crippen molar-refractivity contribution >= 4 is 5.97 Å². The van der Waals surface area contributed by atoms with Gasteiger partial charge in [-0.3, -0.25) is 4.79 Å². The number of carbonyl (C=O) groups is 1. The number of fused-ring (bicyclic) bond motifs is 7. The molecule has 2 N–H and O–H groups in total. The van der Waals surface area contributed by atoms with E-state index in [0.29, 0.717) is 12.3 Å². The third kappa shape index (κ3) is 2.61. The summed E-state index contributed by atoms with van der Waals surface area (Å²) in [5.41, 5.74) is 1.18. The third-order valence-electron chi connectivity index (χ3n) is 13.0. The van der Waals surface area contributed by atoms with Gasteiger partial charge in [-0.2, -0.15) is 0 Å². The van der Waals surface area contributed by atoms with E-state index in [2.05, 4.69) is 40.7 Å². The lowest BCUT2D eigenvalue weighted by Crippen LogP contribution is -2.65. The van der Waals surface area contributed by atoms with Crippen molar-refractivity contribution in [1.29, 1.82) is 0 Å². The van der Waals surface area contributed by atoms with E-state index in [-0.39, 0.29) is 22.2 Å². The van der Waals surface area contributed by atoms with Gasteiger partial charge in [-0.15, -0.1) is 0 Å². The van der Waals surface area contributed by atoms with Crippen LogP contribution in [0.5, 0.6) is 0 Å². The molecule has 32 heavy (non-hydrogen) atoms. The van der Waals surface area contributed by atoms with Crippen LogP contribution >= 0.6 is 0 Å². The van der Waals surface area contributed by atoms with Crippen molar-refractivity contribution in [3.8, 4) is 0 Å². The highest BCUT2D eigenvalue weighted by atomic mass is 16.4.